The van der Waals surface area contributed by atoms with Gasteiger partial charge < -0.3 is 20.5 Å². The highest BCUT2D eigenvalue weighted by molar-refractivity contribution is 14.0. The van der Waals surface area contributed by atoms with Crippen molar-refractivity contribution in [3.05, 3.63) is 35.9 Å². The molecule has 6 nitrogen and oxygen atoms in total. The average Bonchev–Trinajstić information content (AvgIpc) is 2.70. The van der Waals surface area contributed by atoms with Gasteiger partial charge in [0.15, 0.2) is 5.96 Å². The predicted octanol–water partition coefficient (Wildman–Crippen LogP) is 2.75. The fourth-order valence-electron chi connectivity index (χ4n) is 4.05. The standard InChI is InChI=1S/C22H36N4O2.HI/c1-3-23-21(24-17-22(27)10-13-28-14-11-22)25-20-9-12-26(18(2)15-20)16-19-7-5-4-6-8-19;/h4-8,18,20,27H,3,9-17H2,1-2H3,(H2,23,24,25);1H. The smallest absolute Gasteiger partial charge is 0.191 e. The van der Waals surface area contributed by atoms with Crippen molar-refractivity contribution >= 4 is 29.9 Å². The van der Waals surface area contributed by atoms with Crippen molar-refractivity contribution in [3.8, 4) is 0 Å². The fourth-order valence-corrected chi connectivity index (χ4v) is 4.05. The van der Waals surface area contributed by atoms with Crippen LogP contribution in [0.25, 0.3) is 0 Å². The van der Waals surface area contributed by atoms with E-state index >= 15 is 0 Å². The van der Waals surface area contributed by atoms with Gasteiger partial charge in [0, 0.05) is 57.8 Å². The highest BCUT2D eigenvalue weighted by Gasteiger charge is 2.30. The Bertz CT molecular complexity index is 622. The molecular weight excluding hydrogens is 479 g/mol. The van der Waals surface area contributed by atoms with Crippen LogP contribution < -0.4 is 10.6 Å². The Balaban J connectivity index is 0.00000300. The Morgan fingerprint density at radius 3 is 2.66 bits per heavy atom. The Morgan fingerprint density at radius 2 is 2.00 bits per heavy atom. The number of hydrogen-bond acceptors (Lipinski definition) is 4. The molecule has 29 heavy (non-hydrogen) atoms. The first-order chi connectivity index (χ1) is 13.6. The summed E-state index contributed by atoms with van der Waals surface area (Å²) in [4.78, 5) is 7.25. The fraction of sp³-hybridized carbons (Fsp3) is 0.682. The summed E-state index contributed by atoms with van der Waals surface area (Å²) in [7, 11) is 0. The number of ether oxygens (including phenoxy) is 1. The highest BCUT2D eigenvalue weighted by Crippen LogP contribution is 2.22. The SMILES string of the molecule is CCNC(=NCC1(O)CCOCC1)NC1CCN(Cc2ccccc2)C(C)C1.I. The molecular formula is C22H37IN4O2. The third kappa shape index (κ3) is 7.70. The van der Waals surface area contributed by atoms with E-state index in [1.54, 1.807) is 0 Å². The van der Waals surface area contributed by atoms with E-state index in [4.69, 9.17) is 9.73 Å². The molecule has 0 saturated carbocycles. The number of aliphatic hydroxyl groups is 1. The van der Waals surface area contributed by atoms with E-state index in [0.29, 0.717) is 44.7 Å². The lowest BCUT2D eigenvalue weighted by atomic mass is 9.95. The Morgan fingerprint density at radius 1 is 1.28 bits per heavy atom. The number of aliphatic imine (C=N–C) groups is 1. The number of guanidine groups is 1. The lowest BCUT2D eigenvalue weighted by Crippen LogP contribution is -2.51. The summed E-state index contributed by atoms with van der Waals surface area (Å²) in [6.07, 6.45) is 3.50. The molecule has 2 atom stereocenters. The quantitative estimate of drug-likeness (QED) is 0.308. The van der Waals surface area contributed by atoms with Gasteiger partial charge in [-0.25, -0.2) is 0 Å². The first-order valence-corrected chi connectivity index (χ1v) is 10.7. The summed E-state index contributed by atoms with van der Waals surface area (Å²) in [6, 6.07) is 11.6. The molecule has 3 rings (SSSR count). The number of likely N-dealkylation sites (tertiary alicyclic amines) is 1. The van der Waals surface area contributed by atoms with Gasteiger partial charge in [0.1, 0.15) is 0 Å². The summed E-state index contributed by atoms with van der Waals surface area (Å²) in [6.45, 7) is 8.95. The molecule has 2 heterocycles. The van der Waals surface area contributed by atoms with Gasteiger partial charge in [-0.2, -0.15) is 0 Å². The number of nitrogens with zero attached hydrogens (tertiary/aromatic N) is 2. The minimum Gasteiger partial charge on any atom is -0.388 e. The highest BCUT2D eigenvalue weighted by atomic mass is 127. The number of halogens is 1. The maximum atomic E-state index is 10.7. The molecule has 0 spiro atoms. The third-order valence-corrected chi connectivity index (χ3v) is 5.88. The molecule has 2 unspecified atom stereocenters. The van der Waals surface area contributed by atoms with Crippen LogP contribution in [0.15, 0.2) is 35.3 Å². The number of nitrogens with one attached hydrogen (secondary N) is 2. The molecule has 2 aliphatic heterocycles. The summed E-state index contributed by atoms with van der Waals surface area (Å²) in [5.41, 5.74) is 0.646. The topological polar surface area (TPSA) is 69.1 Å². The average molecular weight is 516 g/mol. The van der Waals surface area contributed by atoms with Crippen molar-refractivity contribution in [1.29, 1.82) is 0 Å². The van der Waals surface area contributed by atoms with Crippen LogP contribution in [0.1, 0.15) is 45.1 Å². The molecule has 1 aromatic carbocycles. The zero-order valence-corrected chi connectivity index (χ0v) is 20.1. The molecule has 0 aliphatic carbocycles. The molecule has 7 heteroatoms. The van der Waals surface area contributed by atoms with Crippen molar-refractivity contribution < 1.29 is 9.84 Å². The normalized spacial score (nSPS) is 25.1. The van der Waals surface area contributed by atoms with E-state index in [1.807, 2.05) is 0 Å². The van der Waals surface area contributed by atoms with Crippen molar-refractivity contribution in [2.75, 3.05) is 32.8 Å². The van der Waals surface area contributed by atoms with Gasteiger partial charge >= 0.3 is 0 Å². The van der Waals surface area contributed by atoms with Gasteiger partial charge in [-0.15, -0.1) is 24.0 Å². The monoisotopic (exact) mass is 516 g/mol. The van der Waals surface area contributed by atoms with Crippen LogP contribution in [0, 0.1) is 0 Å². The van der Waals surface area contributed by atoms with Crippen LogP contribution in [0.2, 0.25) is 0 Å². The van der Waals surface area contributed by atoms with Crippen LogP contribution in [0.3, 0.4) is 0 Å². The van der Waals surface area contributed by atoms with Crippen LogP contribution in [-0.4, -0.2) is 66.5 Å². The van der Waals surface area contributed by atoms with Gasteiger partial charge in [0.2, 0.25) is 0 Å². The van der Waals surface area contributed by atoms with E-state index in [0.717, 1.165) is 38.4 Å². The number of rotatable bonds is 6. The number of hydrogen-bond donors (Lipinski definition) is 3. The molecule has 2 fully saturated rings. The molecule has 0 bridgehead atoms. The van der Waals surface area contributed by atoms with Crippen LogP contribution in [-0.2, 0) is 11.3 Å². The lowest BCUT2D eigenvalue weighted by Gasteiger charge is -2.38. The maximum absolute atomic E-state index is 10.7. The van der Waals surface area contributed by atoms with Crippen molar-refractivity contribution in [3.63, 3.8) is 0 Å². The minimum atomic E-state index is -0.729. The molecule has 2 aliphatic rings. The van der Waals surface area contributed by atoms with Crippen LogP contribution in [0.4, 0.5) is 0 Å². The third-order valence-electron chi connectivity index (χ3n) is 5.88. The van der Waals surface area contributed by atoms with E-state index in [2.05, 4.69) is 59.7 Å². The van der Waals surface area contributed by atoms with E-state index in [9.17, 15) is 5.11 Å². The van der Waals surface area contributed by atoms with Gasteiger partial charge in [-0.1, -0.05) is 30.3 Å². The molecule has 0 radical (unpaired) electrons. The second-order valence-electron chi connectivity index (χ2n) is 8.20. The lowest BCUT2D eigenvalue weighted by molar-refractivity contribution is -0.0566. The molecule has 1 aromatic rings. The summed E-state index contributed by atoms with van der Waals surface area (Å²) in [5.74, 6) is 0.816. The van der Waals surface area contributed by atoms with Gasteiger partial charge in [-0.3, -0.25) is 9.89 Å². The second-order valence-corrected chi connectivity index (χ2v) is 8.20. The number of benzene rings is 1. The van der Waals surface area contributed by atoms with E-state index < -0.39 is 5.60 Å². The van der Waals surface area contributed by atoms with Crippen LogP contribution in [0.5, 0.6) is 0 Å². The van der Waals surface area contributed by atoms with E-state index in [1.165, 1.54) is 5.56 Å². The Hall–Kier alpha value is -0.900. The molecule has 164 valence electrons. The van der Waals surface area contributed by atoms with Crippen molar-refractivity contribution in [1.82, 2.24) is 15.5 Å². The molecule has 0 aromatic heterocycles. The largest absolute Gasteiger partial charge is 0.388 e. The van der Waals surface area contributed by atoms with Gasteiger partial charge in [-0.05, 0) is 32.3 Å². The Labute approximate surface area is 192 Å². The molecule has 3 N–H and O–H groups in total. The van der Waals surface area contributed by atoms with Gasteiger partial charge in [0.05, 0.1) is 12.1 Å². The van der Waals surface area contributed by atoms with Crippen molar-refractivity contribution in [2.24, 2.45) is 4.99 Å². The first kappa shape index (κ1) is 24.4. The maximum Gasteiger partial charge on any atom is 0.191 e. The zero-order valence-electron chi connectivity index (χ0n) is 17.8. The van der Waals surface area contributed by atoms with E-state index in [-0.39, 0.29) is 24.0 Å². The zero-order chi connectivity index (χ0) is 19.8. The molecule has 0 amide bonds. The van der Waals surface area contributed by atoms with Crippen molar-refractivity contribution in [2.45, 2.75) is 63.8 Å². The first-order valence-electron chi connectivity index (χ1n) is 10.7. The molecule has 2 saturated heterocycles. The predicted molar refractivity (Wildman–Crippen MR) is 129 cm³/mol. The second kappa shape index (κ2) is 12.1. The van der Waals surface area contributed by atoms with Crippen LogP contribution >= 0.6 is 24.0 Å². The van der Waals surface area contributed by atoms with Gasteiger partial charge in [0.25, 0.3) is 0 Å². The summed E-state index contributed by atoms with van der Waals surface area (Å²) >= 11 is 0. The Kier molecular flexibility index (Phi) is 10.1. The summed E-state index contributed by atoms with van der Waals surface area (Å²) in [5, 5.41) is 17.6. The summed E-state index contributed by atoms with van der Waals surface area (Å²) < 4.78 is 5.36. The minimum absolute atomic E-state index is 0. The number of piperidine rings is 1.